The van der Waals surface area contributed by atoms with Gasteiger partial charge >= 0.3 is 0 Å². The number of hydrogen-bond acceptors (Lipinski definition) is 2. The zero-order chi connectivity index (χ0) is 18.0. The van der Waals surface area contributed by atoms with Gasteiger partial charge in [-0.2, -0.15) is 0 Å². The number of aliphatic hydroxyl groups is 1. The number of amides is 1. The van der Waals surface area contributed by atoms with Crippen LogP contribution in [0.5, 0.6) is 0 Å². The molecule has 0 aliphatic heterocycles. The lowest BCUT2D eigenvalue weighted by Gasteiger charge is -2.24. The van der Waals surface area contributed by atoms with Gasteiger partial charge in [-0.15, -0.1) is 0 Å². The Morgan fingerprint density at radius 2 is 2.00 bits per heavy atom. The van der Waals surface area contributed by atoms with Crippen LogP contribution in [0.15, 0.2) is 48.7 Å². The van der Waals surface area contributed by atoms with Gasteiger partial charge in [0.15, 0.2) is 0 Å². The Morgan fingerprint density at radius 3 is 2.76 bits per heavy atom. The molecule has 3 aromatic rings. The molecule has 0 saturated heterocycles. The molecule has 0 radical (unpaired) electrons. The van der Waals surface area contributed by atoms with Gasteiger partial charge in [0.25, 0.3) is 0 Å². The van der Waals surface area contributed by atoms with E-state index >= 15 is 0 Å². The van der Waals surface area contributed by atoms with Crippen molar-refractivity contribution in [1.29, 1.82) is 0 Å². The molecule has 6 heteroatoms. The number of benzene rings is 2. The molecule has 3 rings (SSSR count). The van der Waals surface area contributed by atoms with Crippen LogP contribution in [-0.2, 0) is 16.8 Å². The summed E-state index contributed by atoms with van der Waals surface area (Å²) in [7, 11) is 0. The molecule has 1 amide bonds. The number of fused-ring (bicyclic) bond motifs is 1. The van der Waals surface area contributed by atoms with E-state index in [1.807, 2.05) is 24.3 Å². The Labute approximate surface area is 143 Å². The standard InChI is InChI=1S/C19H18F2N2O2/c1-19(25,15-7-6-13(20)9-16(15)21)11-23-18(24)8-12-10-22-17-5-3-2-4-14(12)17/h2-7,9-10,22,25H,8,11H2,1H3,(H,23,24)/t19-/m0/s1. The summed E-state index contributed by atoms with van der Waals surface area (Å²) in [5, 5.41) is 14.0. The van der Waals surface area contributed by atoms with Crippen LogP contribution in [0.1, 0.15) is 18.1 Å². The minimum atomic E-state index is -1.65. The number of hydrogen-bond donors (Lipinski definition) is 3. The summed E-state index contributed by atoms with van der Waals surface area (Å²) < 4.78 is 26.8. The number of halogens is 2. The van der Waals surface area contributed by atoms with Crippen LogP contribution in [0.25, 0.3) is 10.9 Å². The third-order valence-electron chi connectivity index (χ3n) is 4.17. The van der Waals surface area contributed by atoms with Crippen molar-refractivity contribution in [2.24, 2.45) is 0 Å². The average Bonchev–Trinajstić information content (AvgIpc) is 2.96. The second-order valence-electron chi connectivity index (χ2n) is 6.21. The smallest absolute Gasteiger partial charge is 0.224 e. The van der Waals surface area contributed by atoms with Crippen LogP contribution in [0.4, 0.5) is 8.78 Å². The van der Waals surface area contributed by atoms with E-state index < -0.39 is 17.2 Å². The van der Waals surface area contributed by atoms with E-state index in [2.05, 4.69) is 10.3 Å². The molecule has 0 aliphatic rings. The Hall–Kier alpha value is -2.73. The van der Waals surface area contributed by atoms with Crippen LogP contribution in [0, 0.1) is 11.6 Å². The van der Waals surface area contributed by atoms with E-state index in [9.17, 15) is 18.7 Å². The van der Waals surface area contributed by atoms with Crippen molar-refractivity contribution in [3.8, 4) is 0 Å². The van der Waals surface area contributed by atoms with E-state index in [1.165, 1.54) is 13.0 Å². The van der Waals surface area contributed by atoms with Gasteiger partial charge in [-0.3, -0.25) is 4.79 Å². The Bertz CT molecular complexity index is 919. The van der Waals surface area contributed by atoms with E-state index in [1.54, 1.807) is 6.20 Å². The van der Waals surface area contributed by atoms with E-state index in [0.29, 0.717) is 6.07 Å². The van der Waals surface area contributed by atoms with E-state index in [4.69, 9.17) is 0 Å². The molecule has 4 nitrogen and oxygen atoms in total. The quantitative estimate of drug-likeness (QED) is 0.666. The fourth-order valence-corrected chi connectivity index (χ4v) is 2.81. The fourth-order valence-electron chi connectivity index (χ4n) is 2.81. The molecule has 2 aromatic carbocycles. The lowest BCUT2D eigenvalue weighted by atomic mass is 9.95. The van der Waals surface area contributed by atoms with Gasteiger partial charge in [-0.1, -0.05) is 24.3 Å². The molecule has 25 heavy (non-hydrogen) atoms. The summed E-state index contributed by atoms with van der Waals surface area (Å²) in [4.78, 5) is 15.3. The molecule has 1 atom stereocenters. The maximum atomic E-state index is 13.8. The number of rotatable bonds is 5. The van der Waals surface area contributed by atoms with Crippen LogP contribution in [0.3, 0.4) is 0 Å². The third-order valence-corrected chi connectivity index (χ3v) is 4.17. The molecular formula is C19H18F2N2O2. The molecule has 0 spiro atoms. The first kappa shape index (κ1) is 17.1. The molecule has 0 saturated carbocycles. The van der Waals surface area contributed by atoms with Gasteiger partial charge in [0.05, 0.1) is 13.0 Å². The number of H-pyrrole nitrogens is 1. The van der Waals surface area contributed by atoms with Crippen molar-refractivity contribution in [3.05, 3.63) is 71.4 Å². The zero-order valence-electron chi connectivity index (χ0n) is 13.6. The minimum Gasteiger partial charge on any atom is -0.383 e. The lowest BCUT2D eigenvalue weighted by molar-refractivity contribution is -0.121. The van der Waals surface area contributed by atoms with Crippen molar-refractivity contribution in [2.45, 2.75) is 18.9 Å². The van der Waals surface area contributed by atoms with Gasteiger partial charge in [0, 0.05) is 28.7 Å². The van der Waals surface area contributed by atoms with E-state index in [0.717, 1.165) is 22.5 Å². The summed E-state index contributed by atoms with van der Waals surface area (Å²) in [6.45, 7) is 1.19. The van der Waals surface area contributed by atoms with Crippen molar-refractivity contribution in [2.75, 3.05) is 6.54 Å². The van der Waals surface area contributed by atoms with Gasteiger partial charge in [0.2, 0.25) is 5.91 Å². The normalized spacial score (nSPS) is 13.6. The summed E-state index contributed by atoms with van der Waals surface area (Å²) >= 11 is 0. The minimum absolute atomic E-state index is 0.0682. The number of aromatic amines is 1. The SMILES string of the molecule is C[C@](O)(CNC(=O)Cc1c[nH]c2ccccc12)c1ccc(F)cc1F. The molecule has 0 bridgehead atoms. The fraction of sp³-hybridized carbons (Fsp3) is 0.211. The summed E-state index contributed by atoms with van der Waals surface area (Å²) in [6.07, 6.45) is 1.90. The summed E-state index contributed by atoms with van der Waals surface area (Å²) in [5.74, 6) is -1.87. The highest BCUT2D eigenvalue weighted by Crippen LogP contribution is 2.24. The van der Waals surface area contributed by atoms with E-state index in [-0.39, 0.29) is 24.4 Å². The lowest BCUT2D eigenvalue weighted by Crippen LogP contribution is -2.39. The van der Waals surface area contributed by atoms with Crippen molar-refractivity contribution >= 4 is 16.8 Å². The van der Waals surface area contributed by atoms with Gasteiger partial charge in [0.1, 0.15) is 17.2 Å². The first-order chi connectivity index (χ1) is 11.9. The molecular weight excluding hydrogens is 326 g/mol. The number of nitrogens with one attached hydrogen (secondary N) is 2. The predicted octanol–water partition coefficient (Wildman–Crippen LogP) is 3.01. The Morgan fingerprint density at radius 1 is 1.24 bits per heavy atom. The Balaban J connectivity index is 1.67. The first-order valence-corrected chi connectivity index (χ1v) is 7.86. The largest absolute Gasteiger partial charge is 0.383 e. The topological polar surface area (TPSA) is 65.1 Å². The average molecular weight is 344 g/mol. The molecule has 0 aliphatic carbocycles. The second kappa shape index (κ2) is 6.64. The van der Waals surface area contributed by atoms with Crippen LogP contribution in [-0.4, -0.2) is 22.5 Å². The molecule has 1 heterocycles. The van der Waals surface area contributed by atoms with Crippen LogP contribution >= 0.6 is 0 Å². The zero-order valence-corrected chi connectivity index (χ0v) is 13.6. The second-order valence-corrected chi connectivity index (χ2v) is 6.21. The third kappa shape index (κ3) is 3.69. The van der Waals surface area contributed by atoms with Crippen molar-refractivity contribution in [1.82, 2.24) is 10.3 Å². The summed E-state index contributed by atoms with van der Waals surface area (Å²) in [6, 6.07) is 10.6. The highest BCUT2D eigenvalue weighted by Gasteiger charge is 2.27. The van der Waals surface area contributed by atoms with Gasteiger partial charge in [-0.25, -0.2) is 8.78 Å². The maximum absolute atomic E-state index is 13.8. The van der Waals surface area contributed by atoms with Gasteiger partial charge in [-0.05, 0) is 24.6 Å². The summed E-state index contributed by atoms with van der Waals surface area (Å²) in [5.41, 5.74) is 0.0564. The highest BCUT2D eigenvalue weighted by atomic mass is 19.1. The van der Waals surface area contributed by atoms with Gasteiger partial charge < -0.3 is 15.4 Å². The number of carbonyl (C=O) groups is 1. The predicted molar refractivity (Wildman–Crippen MR) is 90.9 cm³/mol. The number of para-hydroxylation sites is 1. The van der Waals surface area contributed by atoms with Crippen LogP contribution in [0.2, 0.25) is 0 Å². The monoisotopic (exact) mass is 344 g/mol. The Kier molecular flexibility index (Phi) is 4.55. The highest BCUT2D eigenvalue weighted by molar-refractivity contribution is 5.88. The molecule has 0 unspecified atom stereocenters. The van der Waals surface area contributed by atoms with Crippen LogP contribution < -0.4 is 5.32 Å². The molecule has 3 N–H and O–H groups in total. The molecule has 130 valence electrons. The maximum Gasteiger partial charge on any atom is 0.224 e. The van der Waals surface area contributed by atoms with Crippen molar-refractivity contribution in [3.63, 3.8) is 0 Å². The van der Waals surface area contributed by atoms with Crippen molar-refractivity contribution < 1.29 is 18.7 Å². The number of carbonyl (C=O) groups excluding carboxylic acids is 1. The number of aromatic nitrogens is 1. The first-order valence-electron chi connectivity index (χ1n) is 7.86. The molecule has 0 fully saturated rings. The molecule has 1 aromatic heterocycles.